The number of ether oxygens (including phenoxy) is 2. The Hall–Kier alpha value is -1.68. The first-order valence-corrected chi connectivity index (χ1v) is 8.50. The Labute approximate surface area is 128 Å². The lowest BCUT2D eigenvalue weighted by atomic mass is 9.94. The number of benzene rings is 1. The summed E-state index contributed by atoms with van der Waals surface area (Å²) in [5.41, 5.74) is 2.58. The van der Waals surface area contributed by atoms with E-state index in [-0.39, 0.29) is 0 Å². The molecule has 1 aromatic heterocycles. The van der Waals surface area contributed by atoms with E-state index in [1.54, 1.807) is 0 Å². The van der Waals surface area contributed by atoms with Gasteiger partial charge in [0.15, 0.2) is 11.5 Å². The average Bonchev–Trinajstić information content (AvgIpc) is 2.87. The van der Waals surface area contributed by atoms with Crippen LogP contribution in [-0.4, -0.2) is 13.2 Å². The summed E-state index contributed by atoms with van der Waals surface area (Å²) in [5, 5.41) is 5.87. The molecule has 0 radical (unpaired) electrons. The zero-order valence-electron chi connectivity index (χ0n) is 11.9. The molecule has 1 unspecified atom stereocenters. The number of anilines is 1. The van der Waals surface area contributed by atoms with Crippen LogP contribution in [0.25, 0.3) is 0 Å². The highest BCUT2D eigenvalue weighted by Crippen LogP contribution is 2.38. The first-order valence-electron chi connectivity index (χ1n) is 7.62. The minimum absolute atomic E-state index is 0.421. The average molecular weight is 301 g/mol. The fourth-order valence-electron chi connectivity index (χ4n) is 3.09. The van der Waals surface area contributed by atoms with Crippen LogP contribution in [0.4, 0.5) is 5.69 Å². The van der Waals surface area contributed by atoms with Crippen molar-refractivity contribution in [1.29, 1.82) is 0 Å². The number of fused-ring (bicyclic) bond motifs is 2. The molecule has 1 atom stereocenters. The number of hydrogen-bond donors (Lipinski definition) is 1. The van der Waals surface area contributed by atoms with Gasteiger partial charge in [-0.15, -0.1) is 11.3 Å². The second kappa shape index (κ2) is 5.60. The molecule has 0 bridgehead atoms. The number of nitrogens with one attached hydrogen (secondary N) is 1. The predicted molar refractivity (Wildman–Crippen MR) is 85.7 cm³/mol. The molecule has 0 saturated carbocycles. The van der Waals surface area contributed by atoms with Crippen molar-refractivity contribution in [3.8, 4) is 11.5 Å². The fourth-order valence-corrected chi connectivity index (χ4v) is 4.08. The first-order chi connectivity index (χ1) is 10.4. The minimum Gasteiger partial charge on any atom is -0.490 e. The lowest BCUT2D eigenvalue weighted by molar-refractivity contribution is 0.297. The lowest BCUT2D eigenvalue weighted by Crippen LogP contribution is -2.15. The Balaban J connectivity index is 1.57. The molecule has 4 heteroatoms. The Morgan fingerprint density at radius 1 is 1.05 bits per heavy atom. The molecule has 1 N–H and O–H groups in total. The van der Waals surface area contributed by atoms with Crippen molar-refractivity contribution < 1.29 is 9.47 Å². The molecule has 21 heavy (non-hydrogen) atoms. The van der Waals surface area contributed by atoms with Gasteiger partial charge in [-0.05, 0) is 48.4 Å². The highest BCUT2D eigenvalue weighted by molar-refractivity contribution is 7.10. The van der Waals surface area contributed by atoms with Gasteiger partial charge in [-0.3, -0.25) is 0 Å². The molecule has 1 aliphatic carbocycles. The van der Waals surface area contributed by atoms with Gasteiger partial charge in [0, 0.05) is 23.1 Å². The second-order valence-electron chi connectivity index (χ2n) is 5.60. The summed E-state index contributed by atoms with van der Waals surface area (Å²) >= 11 is 1.88. The van der Waals surface area contributed by atoms with Crippen LogP contribution in [0.5, 0.6) is 11.5 Å². The molecule has 4 rings (SSSR count). The van der Waals surface area contributed by atoms with Crippen molar-refractivity contribution in [1.82, 2.24) is 0 Å². The Morgan fingerprint density at radius 3 is 2.90 bits per heavy atom. The molecule has 2 heterocycles. The molecule has 0 saturated heterocycles. The van der Waals surface area contributed by atoms with Gasteiger partial charge in [-0.1, -0.05) is 0 Å². The van der Waals surface area contributed by atoms with E-state index < -0.39 is 0 Å². The number of rotatable bonds is 2. The zero-order chi connectivity index (χ0) is 14.1. The van der Waals surface area contributed by atoms with Crippen molar-refractivity contribution in [3.63, 3.8) is 0 Å². The van der Waals surface area contributed by atoms with Crippen LogP contribution >= 0.6 is 11.3 Å². The van der Waals surface area contributed by atoms with Gasteiger partial charge in [0.25, 0.3) is 0 Å². The maximum atomic E-state index is 5.77. The molecule has 110 valence electrons. The van der Waals surface area contributed by atoms with Crippen molar-refractivity contribution >= 4 is 17.0 Å². The summed E-state index contributed by atoms with van der Waals surface area (Å²) in [6, 6.07) is 8.86. The van der Waals surface area contributed by atoms with Gasteiger partial charge in [0.2, 0.25) is 0 Å². The van der Waals surface area contributed by atoms with E-state index in [4.69, 9.17) is 9.47 Å². The molecule has 2 aliphatic rings. The number of thiophene rings is 1. The maximum Gasteiger partial charge on any atom is 0.163 e. The molecule has 3 nitrogen and oxygen atoms in total. The number of aryl methyl sites for hydroxylation is 1. The molecule has 0 fully saturated rings. The van der Waals surface area contributed by atoms with Gasteiger partial charge in [0.05, 0.1) is 19.3 Å². The summed E-state index contributed by atoms with van der Waals surface area (Å²) in [7, 11) is 0. The van der Waals surface area contributed by atoms with Gasteiger partial charge >= 0.3 is 0 Å². The fraction of sp³-hybridized carbons (Fsp3) is 0.412. The quantitative estimate of drug-likeness (QED) is 0.892. The summed E-state index contributed by atoms with van der Waals surface area (Å²) < 4.78 is 11.5. The largest absolute Gasteiger partial charge is 0.490 e. The van der Waals surface area contributed by atoms with Gasteiger partial charge in [-0.25, -0.2) is 0 Å². The van der Waals surface area contributed by atoms with Crippen LogP contribution in [0.15, 0.2) is 29.6 Å². The van der Waals surface area contributed by atoms with E-state index >= 15 is 0 Å². The van der Waals surface area contributed by atoms with Crippen molar-refractivity contribution in [2.24, 2.45) is 0 Å². The van der Waals surface area contributed by atoms with Crippen LogP contribution < -0.4 is 14.8 Å². The molecule has 1 aromatic carbocycles. The molecule has 0 spiro atoms. The van der Waals surface area contributed by atoms with Crippen LogP contribution in [0.2, 0.25) is 0 Å². The molecule has 0 amide bonds. The normalized spacial score (nSPS) is 20.5. The molecule has 1 aliphatic heterocycles. The minimum atomic E-state index is 0.421. The van der Waals surface area contributed by atoms with Crippen molar-refractivity contribution in [2.75, 3.05) is 18.5 Å². The van der Waals surface area contributed by atoms with Gasteiger partial charge in [0.1, 0.15) is 0 Å². The van der Waals surface area contributed by atoms with Crippen molar-refractivity contribution in [3.05, 3.63) is 40.1 Å². The SMILES string of the molecule is c1cc2c(s1)CCCC2Nc1ccc2c(c1)OCCCO2. The topological polar surface area (TPSA) is 30.5 Å². The zero-order valence-corrected chi connectivity index (χ0v) is 12.7. The third kappa shape index (κ3) is 2.60. The summed E-state index contributed by atoms with van der Waals surface area (Å²) in [5.74, 6) is 1.72. The maximum absolute atomic E-state index is 5.77. The van der Waals surface area contributed by atoms with Gasteiger partial charge in [-0.2, -0.15) is 0 Å². The Bertz CT molecular complexity index is 637. The van der Waals surface area contributed by atoms with Crippen LogP contribution in [0, 0.1) is 0 Å². The molecule has 2 aromatic rings. The van der Waals surface area contributed by atoms with Crippen LogP contribution in [-0.2, 0) is 6.42 Å². The highest BCUT2D eigenvalue weighted by Gasteiger charge is 2.21. The monoisotopic (exact) mass is 301 g/mol. The van der Waals surface area contributed by atoms with Gasteiger partial charge < -0.3 is 14.8 Å². The van der Waals surface area contributed by atoms with E-state index in [0.717, 1.165) is 36.8 Å². The first kappa shape index (κ1) is 13.0. The third-order valence-electron chi connectivity index (χ3n) is 4.14. The van der Waals surface area contributed by atoms with Crippen LogP contribution in [0.3, 0.4) is 0 Å². The lowest BCUT2D eigenvalue weighted by Gasteiger charge is -2.25. The van der Waals surface area contributed by atoms with Crippen LogP contribution in [0.1, 0.15) is 35.7 Å². The van der Waals surface area contributed by atoms with E-state index in [1.165, 1.54) is 29.7 Å². The van der Waals surface area contributed by atoms with E-state index in [0.29, 0.717) is 6.04 Å². The predicted octanol–water partition coefficient (Wildman–Crippen LogP) is 4.40. The number of hydrogen-bond acceptors (Lipinski definition) is 4. The summed E-state index contributed by atoms with van der Waals surface area (Å²) in [4.78, 5) is 1.54. The van der Waals surface area contributed by atoms with E-state index in [2.05, 4.69) is 28.9 Å². The van der Waals surface area contributed by atoms with Crippen molar-refractivity contribution in [2.45, 2.75) is 31.7 Å². The second-order valence-corrected chi connectivity index (χ2v) is 6.60. The standard InChI is InChI=1S/C17H19NO2S/c1-3-14(13-7-10-21-17(13)4-1)18-12-5-6-15-16(11-12)20-9-2-8-19-15/h5-7,10-11,14,18H,1-4,8-9H2. The smallest absolute Gasteiger partial charge is 0.163 e. The Kier molecular flexibility index (Phi) is 3.47. The van der Waals surface area contributed by atoms with E-state index in [1.807, 2.05) is 17.4 Å². The highest BCUT2D eigenvalue weighted by atomic mass is 32.1. The Morgan fingerprint density at radius 2 is 1.95 bits per heavy atom. The molecular formula is C17H19NO2S. The van der Waals surface area contributed by atoms with E-state index in [9.17, 15) is 0 Å². The molecular weight excluding hydrogens is 282 g/mol. The summed E-state index contributed by atoms with van der Waals surface area (Å²) in [6.45, 7) is 1.47. The third-order valence-corrected chi connectivity index (χ3v) is 5.14. The summed E-state index contributed by atoms with van der Waals surface area (Å²) in [6.07, 6.45) is 4.62.